The zero-order valence-corrected chi connectivity index (χ0v) is 13.4. The van der Waals surface area contributed by atoms with Gasteiger partial charge in [0.2, 0.25) is 0 Å². The smallest absolute Gasteiger partial charge is 0.164 e. The molecule has 0 aliphatic carbocycles. The van der Waals surface area contributed by atoms with Crippen LogP contribution in [0.15, 0.2) is 53.0 Å². The van der Waals surface area contributed by atoms with Gasteiger partial charge in [0.1, 0.15) is 5.82 Å². The van der Waals surface area contributed by atoms with Gasteiger partial charge >= 0.3 is 0 Å². The van der Waals surface area contributed by atoms with E-state index in [9.17, 15) is 9.18 Å². The van der Waals surface area contributed by atoms with E-state index < -0.39 is 0 Å². The monoisotopic (exact) mass is 349 g/mol. The first kappa shape index (κ1) is 15.9. The molecule has 0 amide bonds. The average molecular weight is 350 g/mol. The normalized spacial score (nSPS) is 10.9. The van der Waals surface area contributed by atoms with Crippen molar-refractivity contribution in [3.63, 3.8) is 0 Å². The van der Waals surface area contributed by atoms with Crippen LogP contribution in [-0.4, -0.2) is 24.3 Å². The fraction of sp³-hybridized carbons (Fsp3) is 0.235. The number of hydrogen-bond donors (Lipinski definition) is 0. The van der Waals surface area contributed by atoms with Crippen LogP contribution < -0.4 is 0 Å². The summed E-state index contributed by atoms with van der Waals surface area (Å²) < 4.78 is 14.2. The highest BCUT2D eigenvalue weighted by Crippen LogP contribution is 2.17. The summed E-state index contributed by atoms with van der Waals surface area (Å²) in [6.07, 6.45) is 0.379. The standard InChI is InChI=1S/C17H17BrFNO/c1-20(12-14-5-2-3-8-16(14)18)10-9-17(21)13-6-4-7-15(19)11-13/h2-8,11H,9-10,12H2,1H3. The van der Waals surface area contributed by atoms with Gasteiger partial charge in [-0.25, -0.2) is 4.39 Å². The van der Waals surface area contributed by atoms with Crippen LogP contribution in [0.5, 0.6) is 0 Å². The molecule has 0 heterocycles. The van der Waals surface area contributed by atoms with Crippen LogP contribution in [0.25, 0.3) is 0 Å². The SMILES string of the molecule is CN(CCC(=O)c1cccc(F)c1)Cc1ccccc1Br. The molecule has 0 fully saturated rings. The minimum Gasteiger partial charge on any atom is -0.302 e. The lowest BCUT2D eigenvalue weighted by molar-refractivity contribution is 0.0967. The number of Topliss-reactive ketones (excluding diaryl/α,β-unsaturated/α-hetero) is 1. The van der Waals surface area contributed by atoms with Gasteiger partial charge in [-0.1, -0.05) is 46.3 Å². The van der Waals surface area contributed by atoms with Gasteiger partial charge < -0.3 is 4.90 Å². The van der Waals surface area contributed by atoms with E-state index >= 15 is 0 Å². The van der Waals surface area contributed by atoms with E-state index in [4.69, 9.17) is 0 Å². The van der Waals surface area contributed by atoms with Crippen LogP contribution in [0.4, 0.5) is 4.39 Å². The number of nitrogens with zero attached hydrogens (tertiary/aromatic N) is 1. The van der Waals surface area contributed by atoms with Gasteiger partial charge in [-0.2, -0.15) is 0 Å². The van der Waals surface area contributed by atoms with E-state index in [0.29, 0.717) is 18.5 Å². The second-order valence-corrected chi connectivity index (χ2v) is 5.87. The van der Waals surface area contributed by atoms with Crippen molar-refractivity contribution >= 4 is 21.7 Å². The van der Waals surface area contributed by atoms with Gasteiger partial charge in [0.05, 0.1) is 0 Å². The minimum atomic E-state index is -0.373. The van der Waals surface area contributed by atoms with Gasteiger partial charge in [0.15, 0.2) is 5.78 Å². The molecule has 0 bridgehead atoms. The highest BCUT2D eigenvalue weighted by molar-refractivity contribution is 9.10. The number of hydrogen-bond acceptors (Lipinski definition) is 2. The van der Waals surface area contributed by atoms with E-state index in [1.165, 1.54) is 17.7 Å². The lowest BCUT2D eigenvalue weighted by Crippen LogP contribution is -2.21. The molecule has 0 aliphatic heterocycles. The molecule has 0 saturated carbocycles. The molecule has 0 spiro atoms. The van der Waals surface area contributed by atoms with Crippen molar-refractivity contribution in [1.29, 1.82) is 0 Å². The maximum atomic E-state index is 13.1. The first-order chi connectivity index (χ1) is 10.1. The van der Waals surface area contributed by atoms with Crippen LogP contribution in [-0.2, 0) is 6.54 Å². The second-order valence-electron chi connectivity index (χ2n) is 5.01. The molecule has 0 saturated heterocycles. The molecule has 2 nitrogen and oxygen atoms in total. The van der Waals surface area contributed by atoms with Crippen LogP contribution in [0.2, 0.25) is 0 Å². The van der Waals surface area contributed by atoms with E-state index in [2.05, 4.69) is 26.9 Å². The van der Waals surface area contributed by atoms with Crippen molar-refractivity contribution in [2.75, 3.05) is 13.6 Å². The first-order valence-corrected chi connectivity index (χ1v) is 7.56. The van der Waals surface area contributed by atoms with E-state index in [1.54, 1.807) is 12.1 Å². The maximum absolute atomic E-state index is 13.1. The Hall–Kier alpha value is -1.52. The number of carbonyl (C=O) groups excluding carboxylic acids is 1. The zero-order chi connectivity index (χ0) is 15.2. The Bertz CT molecular complexity index is 630. The van der Waals surface area contributed by atoms with Crippen molar-refractivity contribution in [3.05, 3.63) is 69.9 Å². The highest BCUT2D eigenvalue weighted by Gasteiger charge is 2.09. The number of halogens is 2. The topological polar surface area (TPSA) is 20.3 Å². The molecule has 2 rings (SSSR count). The number of benzene rings is 2. The molecule has 21 heavy (non-hydrogen) atoms. The Morgan fingerprint density at radius 3 is 2.67 bits per heavy atom. The van der Waals surface area contributed by atoms with Crippen molar-refractivity contribution in [2.24, 2.45) is 0 Å². The third kappa shape index (κ3) is 4.76. The number of ketones is 1. The summed E-state index contributed by atoms with van der Waals surface area (Å²) >= 11 is 3.51. The molecule has 0 radical (unpaired) electrons. The molecule has 0 aliphatic rings. The maximum Gasteiger partial charge on any atom is 0.164 e. The van der Waals surface area contributed by atoms with Gasteiger partial charge in [0, 0.05) is 29.5 Å². The molecule has 2 aromatic rings. The number of rotatable bonds is 6. The summed E-state index contributed by atoms with van der Waals surface area (Å²) in [6, 6.07) is 13.9. The van der Waals surface area contributed by atoms with Crippen molar-refractivity contribution in [1.82, 2.24) is 4.90 Å². The highest BCUT2D eigenvalue weighted by atomic mass is 79.9. The summed E-state index contributed by atoms with van der Waals surface area (Å²) in [5.41, 5.74) is 1.61. The molecular weight excluding hydrogens is 333 g/mol. The van der Waals surface area contributed by atoms with Gasteiger partial charge in [-0.3, -0.25) is 4.79 Å². The van der Waals surface area contributed by atoms with Crippen molar-refractivity contribution < 1.29 is 9.18 Å². The molecule has 4 heteroatoms. The molecule has 110 valence electrons. The molecule has 0 unspecified atom stereocenters. The van der Waals surface area contributed by atoms with Crippen molar-refractivity contribution in [2.45, 2.75) is 13.0 Å². The fourth-order valence-corrected chi connectivity index (χ4v) is 2.51. The molecular formula is C17H17BrFNO. The second kappa shape index (κ2) is 7.48. The average Bonchev–Trinajstić information content (AvgIpc) is 2.47. The first-order valence-electron chi connectivity index (χ1n) is 6.77. The lowest BCUT2D eigenvalue weighted by Gasteiger charge is -2.17. The van der Waals surface area contributed by atoms with Crippen LogP contribution in [0, 0.1) is 5.82 Å². The molecule has 0 N–H and O–H groups in total. The van der Waals surface area contributed by atoms with Crippen molar-refractivity contribution in [3.8, 4) is 0 Å². The van der Waals surface area contributed by atoms with Crippen LogP contribution >= 0.6 is 15.9 Å². The van der Waals surface area contributed by atoms with Gasteiger partial charge in [0.25, 0.3) is 0 Å². The number of carbonyl (C=O) groups is 1. The summed E-state index contributed by atoms with van der Waals surface area (Å²) in [5.74, 6) is -0.407. The quantitative estimate of drug-likeness (QED) is 0.725. The molecule has 0 atom stereocenters. The van der Waals surface area contributed by atoms with Crippen LogP contribution in [0.1, 0.15) is 22.3 Å². The van der Waals surface area contributed by atoms with E-state index in [0.717, 1.165) is 11.0 Å². The Labute approximate surface area is 132 Å². The minimum absolute atomic E-state index is 0.0338. The van der Waals surface area contributed by atoms with Crippen LogP contribution in [0.3, 0.4) is 0 Å². The molecule has 2 aromatic carbocycles. The molecule has 0 aromatic heterocycles. The Morgan fingerprint density at radius 1 is 1.19 bits per heavy atom. The third-order valence-corrected chi connectivity index (χ3v) is 4.04. The lowest BCUT2D eigenvalue weighted by atomic mass is 10.1. The summed E-state index contributed by atoms with van der Waals surface area (Å²) in [5, 5.41) is 0. The van der Waals surface area contributed by atoms with Gasteiger partial charge in [-0.05, 0) is 30.8 Å². The zero-order valence-electron chi connectivity index (χ0n) is 11.9. The summed E-state index contributed by atoms with van der Waals surface area (Å²) in [7, 11) is 1.97. The Kier molecular flexibility index (Phi) is 5.65. The summed E-state index contributed by atoms with van der Waals surface area (Å²) in [4.78, 5) is 14.1. The Morgan fingerprint density at radius 2 is 1.95 bits per heavy atom. The third-order valence-electron chi connectivity index (χ3n) is 3.27. The summed E-state index contributed by atoms with van der Waals surface area (Å²) in [6.45, 7) is 1.40. The van der Waals surface area contributed by atoms with Gasteiger partial charge in [-0.15, -0.1) is 0 Å². The predicted octanol–water partition coefficient (Wildman–Crippen LogP) is 4.29. The predicted molar refractivity (Wildman–Crippen MR) is 85.8 cm³/mol. The fourth-order valence-electron chi connectivity index (χ4n) is 2.10. The van der Waals surface area contributed by atoms with E-state index in [-0.39, 0.29) is 11.6 Å². The van der Waals surface area contributed by atoms with E-state index in [1.807, 2.05) is 25.2 Å². The Balaban J connectivity index is 1.88. The largest absolute Gasteiger partial charge is 0.302 e.